The Bertz CT molecular complexity index is 567. The second-order valence-corrected chi connectivity index (χ2v) is 4.01. The first-order chi connectivity index (χ1) is 8.11. The van der Waals surface area contributed by atoms with Crippen molar-refractivity contribution in [3.8, 4) is 11.1 Å². The number of benzene rings is 1. The molecule has 86 valence electrons. The van der Waals surface area contributed by atoms with E-state index < -0.39 is 5.97 Å². The molecule has 0 amide bonds. The highest BCUT2D eigenvalue weighted by atomic mass is 35.5. The number of aryl methyl sites for hydroxylation is 1. The first-order valence-electron chi connectivity index (χ1n) is 5.05. The summed E-state index contributed by atoms with van der Waals surface area (Å²) >= 11 is 5.85. The molecule has 1 aromatic carbocycles. The normalized spacial score (nSPS) is 10.2. The number of nitrogens with zero attached hydrogens (tertiary/aromatic N) is 1. The van der Waals surface area contributed by atoms with Gasteiger partial charge in [-0.05, 0) is 18.1 Å². The lowest BCUT2D eigenvalue weighted by Gasteiger charge is -2.10. The van der Waals surface area contributed by atoms with Crippen LogP contribution >= 0.6 is 11.6 Å². The van der Waals surface area contributed by atoms with Gasteiger partial charge in [0.25, 0.3) is 0 Å². The number of hydrogen-bond donors (Lipinski definition) is 1. The highest BCUT2D eigenvalue weighted by molar-refractivity contribution is 6.33. The van der Waals surface area contributed by atoms with Crippen molar-refractivity contribution in [1.29, 1.82) is 0 Å². The van der Waals surface area contributed by atoms with E-state index in [9.17, 15) is 9.90 Å². The van der Waals surface area contributed by atoms with Crippen LogP contribution in [-0.2, 0) is 0 Å². The molecule has 0 aliphatic carbocycles. The SMILES string of the molecule is Cc1cnc(Cl)c(C(=O)O)c1-c1ccccc1. The topological polar surface area (TPSA) is 50.2 Å². The molecule has 2 aromatic rings. The van der Waals surface area contributed by atoms with Crippen molar-refractivity contribution >= 4 is 17.6 Å². The Balaban J connectivity index is 2.76. The van der Waals surface area contributed by atoms with E-state index in [0.717, 1.165) is 11.1 Å². The Morgan fingerprint density at radius 1 is 1.29 bits per heavy atom. The Labute approximate surface area is 104 Å². The van der Waals surface area contributed by atoms with Gasteiger partial charge in [-0.2, -0.15) is 0 Å². The van der Waals surface area contributed by atoms with Crippen molar-refractivity contribution in [3.63, 3.8) is 0 Å². The predicted molar refractivity (Wildman–Crippen MR) is 66.4 cm³/mol. The van der Waals surface area contributed by atoms with Gasteiger partial charge in [-0.3, -0.25) is 0 Å². The van der Waals surface area contributed by atoms with Crippen LogP contribution in [0.5, 0.6) is 0 Å². The number of hydrogen-bond acceptors (Lipinski definition) is 2. The number of pyridine rings is 1. The number of halogens is 1. The molecule has 0 fully saturated rings. The lowest BCUT2D eigenvalue weighted by Crippen LogP contribution is -2.04. The molecule has 0 saturated heterocycles. The van der Waals surface area contributed by atoms with Crippen LogP contribution in [-0.4, -0.2) is 16.1 Å². The van der Waals surface area contributed by atoms with Crippen LogP contribution in [0.3, 0.4) is 0 Å². The molecule has 3 nitrogen and oxygen atoms in total. The molecule has 4 heteroatoms. The molecule has 2 rings (SSSR count). The van der Waals surface area contributed by atoms with Gasteiger partial charge in [0.15, 0.2) is 0 Å². The predicted octanol–water partition coefficient (Wildman–Crippen LogP) is 3.41. The van der Waals surface area contributed by atoms with Crippen LogP contribution in [0.15, 0.2) is 36.5 Å². The van der Waals surface area contributed by atoms with Gasteiger partial charge in [0.2, 0.25) is 0 Å². The van der Waals surface area contributed by atoms with Gasteiger partial charge in [-0.25, -0.2) is 9.78 Å². The van der Waals surface area contributed by atoms with Crippen LogP contribution in [0.25, 0.3) is 11.1 Å². The maximum Gasteiger partial charge on any atom is 0.339 e. The Kier molecular flexibility index (Phi) is 3.11. The Morgan fingerprint density at radius 3 is 2.53 bits per heavy atom. The summed E-state index contributed by atoms with van der Waals surface area (Å²) in [5, 5.41) is 9.22. The van der Waals surface area contributed by atoms with Gasteiger partial charge >= 0.3 is 5.97 Å². The molecule has 0 bridgehead atoms. The Morgan fingerprint density at radius 2 is 1.94 bits per heavy atom. The minimum atomic E-state index is -1.06. The number of carbonyl (C=O) groups is 1. The summed E-state index contributed by atoms with van der Waals surface area (Å²) < 4.78 is 0. The number of rotatable bonds is 2. The summed E-state index contributed by atoms with van der Waals surface area (Å²) in [6, 6.07) is 9.29. The molecule has 0 saturated carbocycles. The molecule has 0 spiro atoms. The zero-order chi connectivity index (χ0) is 12.4. The lowest BCUT2D eigenvalue weighted by molar-refractivity contribution is 0.0697. The largest absolute Gasteiger partial charge is 0.478 e. The first-order valence-corrected chi connectivity index (χ1v) is 5.43. The third-order valence-electron chi connectivity index (χ3n) is 2.50. The summed E-state index contributed by atoms with van der Waals surface area (Å²) in [6.07, 6.45) is 1.58. The summed E-state index contributed by atoms with van der Waals surface area (Å²) in [4.78, 5) is 15.1. The molecule has 0 aliphatic rings. The van der Waals surface area contributed by atoms with E-state index in [1.165, 1.54) is 0 Å². The van der Waals surface area contributed by atoms with Gasteiger partial charge in [-0.1, -0.05) is 41.9 Å². The van der Waals surface area contributed by atoms with Crippen LogP contribution in [0, 0.1) is 6.92 Å². The fourth-order valence-corrected chi connectivity index (χ4v) is 1.98. The van der Waals surface area contributed by atoms with Crippen LogP contribution in [0.2, 0.25) is 5.15 Å². The maximum absolute atomic E-state index is 11.2. The quantitative estimate of drug-likeness (QED) is 0.828. The Hall–Kier alpha value is -1.87. The van der Waals surface area contributed by atoms with Crippen LogP contribution in [0.4, 0.5) is 0 Å². The van der Waals surface area contributed by atoms with E-state index in [4.69, 9.17) is 11.6 Å². The fraction of sp³-hybridized carbons (Fsp3) is 0.0769. The maximum atomic E-state index is 11.2. The van der Waals surface area contributed by atoms with Crippen molar-refractivity contribution in [2.24, 2.45) is 0 Å². The summed E-state index contributed by atoms with van der Waals surface area (Å²) in [5.41, 5.74) is 2.29. The minimum Gasteiger partial charge on any atom is -0.478 e. The highest BCUT2D eigenvalue weighted by Crippen LogP contribution is 2.30. The number of aromatic nitrogens is 1. The molecular weight excluding hydrogens is 238 g/mol. The van der Waals surface area contributed by atoms with E-state index in [2.05, 4.69) is 4.98 Å². The van der Waals surface area contributed by atoms with Gasteiger partial charge in [0.05, 0.1) is 0 Å². The standard InChI is InChI=1S/C13H10ClNO2/c1-8-7-15-12(14)11(13(16)17)10(8)9-5-3-2-4-6-9/h2-7H,1H3,(H,16,17). The van der Waals surface area contributed by atoms with E-state index in [1.54, 1.807) is 6.20 Å². The first kappa shape index (κ1) is 11.6. The molecule has 1 heterocycles. The van der Waals surface area contributed by atoms with Crippen molar-refractivity contribution in [2.45, 2.75) is 6.92 Å². The molecule has 17 heavy (non-hydrogen) atoms. The summed E-state index contributed by atoms with van der Waals surface area (Å²) in [7, 11) is 0. The summed E-state index contributed by atoms with van der Waals surface area (Å²) in [5.74, 6) is -1.06. The molecule has 0 radical (unpaired) electrons. The average Bonchev–Trinajstić information content (AvgIpc) is 2.32. The molecule has 0 atom stereocenters. The molecule has 0 unspecified atom stereocenters. The second-order valence-electron chi connectivity index (χ2n) is 3.65. The van der Waals surface area contributed by atoms with Gasteiger partial charge < -0.3 is 5.11 Å². The van der Waals surface area contributed by atoms with Crippen molar-refractivity contribution in [2.75, 3.05) is 0 Å². The van der Waals surface area contributed by atoms with Crippen molar-refractivity contribution in [1.82, 2.24) is 4.98 Å². The lowest BCUT2D eigenvalue weighted by atomic mass is 9.97. The van der Waals surface area contributed by atoms with Gasteiger partial charge in [0, 0.05) is 11.8 Å². The molecule has 1 N–H and O–H groups in total. The number of aromatic carboxylic acids is 1. The highest BCUT2D eigenvalue weighted by Gasteiger charge is 2.18. The average molecular weight is 248 g/mol. The molecule has 1 aromatic heterocycles. The van der Waals surface area contributed by atoms with E-state index in [1.807, 2.05) is 37.3 Å². The third kappa shape index (κ3) is 2.15. The van der Waals surface area contributed by atoms with E-state index >= 15 is 0 Å². The van der Waals surface area contributed by atoms with Crippen molar-refractivity contribution < 1.29 is 9.90 Å². The molecule has 0 aliphatic heterocycles. The van der Waals surface area contributed by atoms with Crippen LogP contribution < -0.4 is 0 Å². The van der Waals surface area contributed by atoms with E-state index in [0.29, 0.717) is 5.56 Å². The van der Waals surface area contributed by atoms with Gasteiger partial charge in [0.1, 0.15) is 10.7 Å². The molecular formula is C13H10ClNO2. The fourth-order valence-electron chi connectivity index (χ4n) is 1.75. The number of carboxylic acid groups (broad SMARTS) is 1. The smallest absolute Gasteiger partial charge is 0.339 e. The second kappa shape index (κ2) is 4.55. The monoisotopic (exact) mass is 247 g/mol. The zero-order valence-corrected chi connectivity index (χ0v) is 9.90. The zero-order valence-electron chi connectivity index (χ0n) is 9.14. The van der Waals surface area contributed by atoms with E-state index in [-0.39, 0.29) is 10.7 Å². The van der Waals surface area contributed by atoms with Crippen molar-refractivity contribution in [3.05, 3.63) is 52.8 Å². The third-order valence-corrected chi connectivity index (χ3v) is 2.79. The minimum absolute atomic E-state index is 0.0157. The van der Waals surface area contributed by atoms with Crippen LogP contribution in [0.1, 0.15) is 15.9 Å². The summed E-state index contributed by atoms with van der Waals surface area (Å²) in [6.45, 7) is 1.82. The van der Waals surface area contributed by atoms with Gasteiger partial charge in [-0.15, -0.1) is 0 Å². The number of carboxylic acids is 1.